The van der Waals surface area contributed by atoms with Gasteiger partial charge in [0, 0.05) is 11.8 Å². The Kier molecular flexibility index (Phi) is 4.98. The predicted molar refractivity (Wildman–Crippen MR) is 92.9 cm³/mol. The first-order valence-electron chi connectivity index (χ1n) is 7.24. The van der Waals surface area contributed by atoms with E-state index in [-0.39, 0.29) is 17.6 Å². The molecule has 0 radical (unpaired) electrons. The second kappa shape index (κ2) is 7.34. The van der Waals surface area contributed by atoms with Gasteiger partial charge in [0.25, 0.3) is 5.91 Å². The summed E-state index contributed by atoms with van der Waals surface area (Å²) in [5, 5.41) is 13.2. The molecule has 0 spiro atoms. The average Bonchev–Trinajstić information content (AvgIpc) is 3.09. The fourth-order valence-electron chi connectivity index (χ4n) is 2.19. The van der Waals surface area contributed by atoms with E-state index in [0.29, 0.717) is 27.9 Å². The smallest absolute Gasteiger partial charge is 0.258 e. The standard InChI is InChI=1S/C15H15N5O4S/c1-23-10-4-3-8(5-11(10)24-2)17-12(21)7-25-15-18-13-9(6-16-20-13)14(22)19-15/h3-6,13H,7H2,1-2H3,(H,17,21)(H,18,19,22). The lowest BCUT2D eigenvalue weighted by atomic mass is 10.2. The molecule has 0 fully saturated rings. The van der Waals surface area contributed by atoms with Gasteiger partial charge in [-0.05, 0) is 12.1 Å². The van der Waals surface area contributed by atoms with Crippen LogP contribution in [0.25, 0.3) is 0 Å². The number of aliphatic imine (C=N–C) groups is 1. The molecule has 0 bridgehead atoms. The van der Waals surface area contributed by atoms with Gasteiger partial charge in [0.1, 0.15) is 0 Å². The van der Waals surface area contributed by atoms with Gasteiger partial charge in [-0.3, -0.25) is 9.59 Å². The lowest BCUT2D eigenvalue weighted by Gasteiger charge is -2.17. The van der Waals surface area contributed by atoms with Crippen LogP contribution in [0.15, 0.2) is 45.2 Å². The Morgan fingerprint density at radius 2 is 2.12 bits per heavy atom. The Labute approximate surface area is 147 Å². The van der Waals surface area contributed by atoms with Crippen molar-refractivity contribution in [2.24, 2.45) is 15.2 Å². The quantitative estimate of drug-likeness (QED) is 0.826. The number of carbonyl (C=O) groups is 2. The van der Waals surface area contributed by atoms with Crippen LogP contribution in [0, 0.1) is 0 Å². The third kappa shape index (κ3) is 3.79. The van der Waals surface area contributed by atoms with E-state index in [4.69, 9.17) is 9.47 Å². The number of amides is 2. The van der Waals surface area contributed by atoms with Crippen LogP contribution >= 0.6 is 11.8 Å². The number of ether oxygens (including phenoxy) is 2. The minimum Gasteiger partial charge on any atom is -0.493 e. The van der Waals surface area contributed by atoms with E-state index in [1.54, 1.807) is 18.2 Å². The highest BCUT2D eigenvalue weighted by Gasteiger charge is 2.29. The predicted octanol–water partition coefficient (Wildman–Crippen LogP) is 1.54. The van der Waals surface area contributed by atoms with Crippen molar-refractivity contribution in [3.8, 4) is 11.5 Å². The SMILES string of the molecule is COc1ccc(NC(=O)CSC2=NC3N=NC=C3C(=O)N2)cc1OC. The van der Waals surface area contributed by atoms with Crippen LogP contribution in [-0.2, 0) is 9.59 Å². The molecule has 2 aliphatic rings. The number of rotatable bonds is 5. The van der Waals surface area contributed by atoms with Crippen LogP contribution in [0.1, 0.15) is 0 Å². The van der Waals surface area contributed by atoms with Gasteiger partial charge in [-0.25, -0.2) is 4.99 Å². The zero-order valence-corrected chi connectivity index (χ0v) is 14.3. The van der Waals surface area contributed by atoms with Crippen LogP contribution in [-0.4, -0.2) is 43.1 Å². The summed E-state index contributed by atoms with van der Waals surface area (Å²) in [6.07, 6.45) is 0.777. The largest absolute Gasteiger partial charge is 0.493 e. The number of benzene rings is 1. The van der Waals surface area contributed by atoms with Crippen LogP contribution < -0.4 is 20.1 Å². The van der Waals surface area contributed by atoms with E-state index < -0.39 is 6.17 Å². The molecule has 0 aromatic heterocycles. The Morgan fingerprint density at radius 3 is 2.88 bits per heavy atom. The molecule has 25 heavy (non-hydrogen) atoms. The van der Waals surface area contributed by atoms with E-state index in [0.717, 1.165) is 11.8 Å². The van der Waals surface area contributed by atoms with Crippen molar-refractivity contribution >= 4 is 34.4 Å². The van der Waals surface area contributed by atoms with Gasteiger partial charge < -0.3 is 20.1 Å². The molecular weight excluding hydrogens is 346 g/mol. The first-order chi connectivity index (χ1) is 12.1. The Morgan fingerprint density at radius 1 is 1.32 bits per heavy atom. The molecule has 1 aromatic rings. The third-order valence-electron chi connectivity index (χ3n) is 3.38. The Balaban J connectivity index is 1.58. The summed E-state index contributed by atoms with van der Waals surface area (Å²) < 4.78 is 10.3. The maximum absolute atomic E-state index is 12.1. The Hall–Kier alpha value is -2.88. The molecule has 2 N–H and O–H groups in total. The minimum atomic E-state index is -0.606. The molecule has 3 rings (SSSR count). The number of amidine groups is 1. The lowest BCUT2D eigenvalue weighted by molar-refractivity contribution is -0.116. The van der Waals surface area contributed by atoms with Crippen LogP contribution in [0.4, 0.5) is 5.69 Å². The van der Waals surface area contributed by atoms with E-state index in [9.17, 15) is 9.59 Å². The maximum atomic E-state index is 12.1. The van der Waals surface area contributed by atoms with Crippen molar-refractivity contribution in [2.75, 3.05) is 25.3 Å². The summed E-state index contributed by atoms with van der Waals surface area (Å²) in [7, 11) is 3.06. The van der Waals surface area contributed by atoms with Gasteiger partial charge >= 0.3 is 0 Å². The molecule has 0 aliphatic carbocycles. The second-order valence-corrected chi connectivity index (χ2v) is 5.95. The molecule has 0 saturated heterocycles. The van der Waals surface area contributed by atoms with E-state index in [1.165, 1.54) is 20.4 Å². The molecule has 2 heterocycles. The van der Waals surface area contributed by atoms with Crippen molar-refractivity contribution < 1.29 is 19.1 Å². The third-order valence-corrected chi connectivity index (χ3v) is 4.27. The zero-order valence-electron chi connectivity index (χ0n) is 13.5. The normalized spacial score (nSPS) is 18.0. The fraction of sp³-hybridized carbons (Fsp3) is 0.267. The van der Waals surface area contributed by atoms with Crippen molar-refractivity contribution in [1.82, 2.24) is 5.32 Å². The molecule has 10 heteroatoms. The fourth-order valence-corrected chi connectivity index (χ4v) is 2.87. The first kappa shape index (κ1) is 17.0. The number of nitrogens with zero attached hydrogens (tertiary/aromatic N) is 3. The number of hydrogen-bond donors (Lipinski definition) is 2. The average molecular weight is 361 g/mol. The van der Waals surface area contributed by atoms with E-state index in [1.807, 2.05) is 0 Å². The van der Waals surface area contributed by atoms with Gasteiger partial charge in [-0.1, -0.05) is 11.8 Å². The first-order valence-corrected chi connectivity index (χ1v) is 8.23. The summed E-state index contributed by atoms with van der Waals surface area (Å²) in [6.45, 7) is 0. The van der Waals surface area contributed by atoms with E-state index in [2.05, 4.69) is 25.9 Å². The van der Waals surface area contributed by atoms with Crippen LogP contribution in [0.2, 0.25) is 0 Å². The molecule has 2 aliphatic heterocycles. The molecular formula is C15H15N5O4S. The lowest BCUT2D eigenvalue weighted by Crippen LogP contribution is -2.38. The van der Waals surface area contributed by atoms with Crippen LogP contribution in [0.5, 0.6) is 11.5 Å². The summed E-state index contributed by atoms with van der Waals surface area (Å²) in [5.41, 5.74) is 0.979. The molecule has 130 valence electrons. The highest BCUT2D eigenvalue weighted by atomic mass is 32.2. The van der Waals surface area contributed by atoms with Crippen molar-refractivity contribution in [3.63, 3.8) is 0 Å². The molecule has 1 atom stereocenters. The summed E-state index contributed by atoms with van der Waals surface area (Å²) in [5.74, 6) is 0.624. The minimum absolute atomic E-state index is 0.0797. The summed E-state index contributed by atoms with van der Waals surface area (Å²) in [6, 6.07) is 5.07. The monoisotopic (exact) mass is 361 g/mol. The van der Waals surface area contributed by atoms with Crippen molar-refractivity contribution in [1.29, 1.82) is 0 Å². The van der Waals surface area contributed by atoms with Gasteiger partial charge in [0.15, 0.2) is 22.8 Å². The highest BCUT2D eigenvalue weighted by Crippen LogP contribution is 2.29. The van der Waals surface area contributed by atoms with E-state index >= 15 is 0 Å². The second-order valence-electron chi connectivity index (χ2n) is 4.98. The summed E-state index contributed by atoms with van der Waals surface area (Å²) in [4.78, 5) is 28.2. The highest BCUT2D eigenvalue weighted by molar-refractivity contribution is 8.14. The molecule has 0 saturated carbocycles. The number of thioether (sulfide) groups is 1. The van der Waals surface area contributed by atoms with Gasteiger partial charge in [0.05, 0.1) is 31.7 Å². The molecule has 1 unspecified atom stereocenters. The van der Waals surface area contributed by atoms with Gasteiger partial charge in [0.2, 0.25) is 5.91 Å². The van der Waals surface area contributed by atoms with Gasteiger partial charge in [-0.15, -0.1) is 0 Å². The number of nitrogens with one attached hydrogen (secondary N) is 2. The molecule has 1 aromatic carbocycles. The maximum Gasteiger partial charge on any atom is 0.258 e. The van der Waals surface area contributed by atoms with Gasteiger partial charge in [-0.2, -0.15) is 10.2 Å². The number of carbonyl (C=O) groups excluding carboxylic acids is 2. The number of methoxy groups -OCH3 is 2. The molecule has 9 nitrogen and oxygen atoms in total. The summed E-state index contributed by atoms with van der Waals surface area (Å²) >= 11 is 1.12. The number of hydrogen-bond acceptors (Lipinski definition) is 8. The zero-order chi connectivity index (χ0) is 17.8. The topological polar surface area (TPSA) is 114 Å². The van der Waals surface area contributed by atoms with Crippen molar-refractivity contribution in [3.05, 3.63) is 30.0 Å². The van der Waals surface area contributed by atoms with Crippen LogP contribution in [0.3, 0.4) is 0 Å². The molecule has 2 amide bonds. The number of azo groups is 1. The Bertz CT molecular complexity index is 805. The number of fused-ring (bicyclic) bond motifs is 1. The number of anilines is 1. The van der Waals surface area contributed by atoms with Crippen molar-refractivity contribution in [2.45, 2.75) is 6.17 Å².